The van der Waals surface area contributed by atoms with Gasteiger partial charge in [-0.3, -0.25) is 4.79 Å². The van der Waals surface area contributed by atoms with E-state index in [0.29, 0.717) is 24.4 Å². The molecule has 2 fully saturated rings. The Kier molecular flexibility index (Phi) is 5.58. The van der Waals surface area contributed by atoms with Gasteiger partial charge in [0.1, 0.15) is 5.82 Å². The van der Waals surface area contributed by atoms with Crippen LogP contribution in [0.5, 0.6) is 0 Å². The minimum Gasteiger partial charge on any atom is -0.349 e. The Balaban J connectivity index is 0.00000196. The third kappa shape index (κ3) is 3.35. The zero-order valence-corrected chi connectivity index (χ0v) is 16.4. The largest absolute Gasteiger partial charge is 0.349 e. The summed E-state index contributed by atoms with van der Waals surface area (Å²) in [5.74, 6) is 2.26. The number of carbonyl (C=O) groups excluding carboxylic acids is 1. The van der Waals surface area contributed by atoms with Crippen LogP contribution in [0.25, 0.3) is 11.0 Å². The maximum Gasteiger partial charge on any atom is 0.223 e. The van der Waals surface area contributed by atoms with Crippen molar-refractivity contribution in [3.63, 3.8) is 0 Å². The molecule has 2 aliphatic rings. The van der Waals surface area contributed by atoms with E-state index in [4.69, 9.17) is 5.73 Å². The molecule has 142 valence electrons. The Morgan fingerprint density at radius 1 is 1.31 bits per heavy atom. The number of hydrogen-bond donors (Lipinski definition) is 2. The molecule has 2 saturated carbocycles. The van der Waals surface area contributed by atoms with Crippen LogP contribution < -0.4 is 11.1 Å². The second-order valence-corrected chi connectivity index (χ2v) is 7.94. The van der Waals surface area contributed by atoms with Gasteiger partial charge in [-0.05, 0) is 56.1 Å². The number of fused-ring (bicyclic) bond motifs is 3. The van der Waals surface area contributed by atoms with Gasteiger partial charge in [0, 0.05) is 19.0 Å². The second-order valence-electron chi connectivity index (χ2n) is 7.94. The van der Waals surface area contributed by atoms with Crippen molar-refractivity contribution in [2.45, 2.75) is 51.6 Å². The molecule has 1 aromatic carbocycles. The van der Waals surface area contributed by atoms with E-state index < -0.39 is 0 Å². The predicted octanol–water partition coefficient (Wildman–Crippen LogP) is 3.07. The molecule has 26 heavy (non-hydrogen) atoms. The molecule has 4 rings (SSSR count). The van der Waals surface area contributed by atoms with E-state index in [2.05, 4.69) is 27.9 Å². The summed E-state index contributed by atoms with van der Waals surface area (Å²) < 4.78 is 2.09. The lowest BCUT2D eigenvalue weighted by molar-refractivity contribution is -0.128. The van der Waals surface area contributed by atoms with Crippen molar-refractivity contribution in [1.29, 1.82) is 0 Å². The van der Waals surface area contributed by atoms with Crippen LogP contribution in [-0.2, 0) is 18.4 Å². The summed E-state index contributed by atoms with van der Waals surface area (Å²) in [5, 5.41) is 3.13. The minimum atomic E-state index is 0. The first-order valence-corrected chi connectivity index (χ1v) is 9.49. The highest BCUT2D eigenvalue weighted by Crippen LogP contribution is 2.41. The van der Waals surface area contributed by atoms with Gasteiger partial charge in [-0.15, -0.1) is 12.4 Å². The lowest BCUT2D eigenvalue weighted by atomic mass is 9.65. The molecular formula is C20H29ClN4O. The number of nitrogens with two attached hydrogens (primary N) is 1. The molecule has 5 nitrogen and oxygen atoms in total. The maximum atomic E-state index is 12.7. The van der Waals surface area contributed by atoms with Gasteiger partial charge >= 0.3 is 0 Å². The van der Waals surface area contributed by atoms with Gasteiger partial charge in [-0.2, -0.15) is 0 Å². The topological polar surface area (TPSA) is 72.9 Å². The van der Waals surface area contributed by atoms with E-state index in [1.807, 2.05) is 19.2 Å². The first-order valence-electron chi connectivity index (χ1n) is 9.49. The summed E-state index contributed by atoms with van der Waals surface area (Å²) in [5.41, 5.74) is 9.69. The van der Waals surface area contributed by atoms with Gasteiger partial charge in [0.25, 0.3) is 0 Å². The highest BCUT2D eigenvalue weighted by Gasteiger charge is 2.40. The molecule has 0 radical (unpaired) electrons. The van der Waals surface area contributed by atoms with E-state index in [0.717, 1.165) is 29.7 Å². The van der Waals surface area contributed by atoms with Crippen LogP contribution in [-0.4, -0.2) is 21.5 Å². The van der Waals surface area contributed by atoms with E-state index in [1.165, 1.54) is 24.8 Å². The molecule has 1 aromatic heterocycles. The molecule has 6 heteroatoms. The number of rotatable bonds is 3. The number of aromatic nitrogens is 2. The highest BCUT2D eigenvalue weighted by atomic mass is 35.5. The molecule has 2 bridgehead atoms. The van der Waals surface area contributed by atoms with Gasteiger partial charge in [0.15, 0.2) is 0 Å². The minimum absolute atomic E-state index is 0. The van der Waals surface area contributed by atoms with Gasteiger partial charge in [0.2, 0.25) is 5.91 Å². The highest BCUT2D eigenvalue weighted by molar-refractivity contribution is 5.85. The Morgan fingerprint density at radius 3 is 2.65 bits per heavy atom. The number of para-hydroxylation sites is 1. The molecule has 2 unspecified atom stereocenters. The van der Waals surface area contributed by atoms with Gasteiger partial charge < -0.3 is 15.6 Å². The SMILES string of the molecule is Cc1cccc2nc(CNC(=O)C3CC4CCCC(C3)C4N)n(C)c12.Cl. The lowest BCUT2D eigenvalue weighted by Crippen LogP contribution is -2.49. The number of imidazole rings is 1. The third-order valence-electron chi connectivity index (χ3n) is 6.39. The van der Waals surface area contributed by atoms with Crippen molar-refractivity contribution in [2.75, 3.05) is 0 Å². The fourth-order valence-electron chi connectivity index (χ4n) is 4.98. The monoisotopic (exact) mass is 376 g/mol. The van der Waals surface area contributed by atoms with Crippen molar-refractivity contribution in [3.05, 3.63) is 29.6 Å². The van der Waals surface area contributed by atoms with Gasteiger partial charge in [0.05, 0.1) is 17.6 Å². The number of nitrogens with zero attached hydrogens (tertiary/aromatic N) is 2. The van der Waals surface area contributed by atoms with Gasteiger partial charge in [-0.25, -0.2) is 4.98 Å². The van der Waals surface area contributed by atoms with Crippen LogP contribution in [0.3, 0.4) is 0 Å². The van der Waals surface area contributed by atoms with E-state index in [1.54, 1.807) is 0 Å². The van der Waals surface area contributed by atoms with Crippen LogP contribution in [0.2, 0.25) is 0 Å². The summed E-state index contributed by atoms with van der Waals surface area (Å²) in [6, 6.07) is 6.45. The predicted molar refractivity (Wildman–Crippen MR) is 106 cm³/mol. The fraction of sp³-hybridized carbons (Fsp3) is 0.600. The molecule has 0 saturated heterocycles. The molecular weight excluding hydrogens is 348 g/mol. The average Bonchev–Trinajstić information content (AvgIpc) is 2.90. The standard InChI is InChI=1S/C20H28N4O.ClH/c1-12-5-3-8-16-19(12)24(2)17(23-16)11-22-20(25)15-9-13-6-4-7-14(10-15)18(13)21;/h3,5,8,13-15,18H,4,6-7,9-11,21H2,1-2H3,(H,22,25);1H. The third-order valence-corrected chi connectivity index (χ3v) is 6.39. The lowest BCUT2D eigenvalue weighted by Gasteiger charge is -2.43. The molecule has 2 aromatic rings. The number of amides is 1. The first-order chi connectivity index (χ1) is 12.0. The molecule has 3 N–H and O–H groups in total. The molecule has 0 aliphatic heterocycles. The van der Waals surface area contributed by atoms with Crippen LogP contribution >= 0.6 is 12.4 Å². The summed E-state index contributed by atoms with van der Waals surface area (Å²) in [6.07, 6.45) is 5.55. The normalized spacial score (nSPS) is 27.8. The van der Waals surface area contributed by atoms with E-state index >= 15 is 0 Å². The molecule has 1 amide bonds. The van der Waals surface area contributed by atoms with Crippen LogP contribution in [0.4, 0.5) is 0 Å². The summed E-state index contributed by atoms with van der Waals surface area (Å²) in [4.78, 5) is 17.4. The van der Waals surface area contributed by atoms with Gasteiger partial charge in [-0.1, -0.05) is 18.6 Å². The van der Waals surface area contributed by atoms with Crippen molar-refractivity contribution < 1.29 is 4.79 Å². The van der Waals surface area contributed by atoms with E-state index in [9.17, 15) is 4.79 Å². The molecule has 1 heterocycles. The Morgan fingerprint density at radius 2 is 2.00 bits per heavy atom. The van der Waals surface area contributed by atoms with Crippen LogP contribution in [0, 0.1) is 24.7 Å². The second kappa shape index (κ2) is 7.57. The van der Waals surface area contributed by atoms with Crippen LogP contribution in [0.1, 0.15) is 43.5 Å². The Hall–Kier alpha value is -1.59. The first kappa shape index (κ1) is 19.2. The molecule has 2 atom stereocenters. The smallest absolute Gasteiger partial charge is 0.223 e. The van der Waals surface area contributed by atoms with E-state index in [-0.39, 0.29) is 24.2 Å². The number of aryl methyl sites for hydroxylation is 2. The van der Waals surface area contributed by atoms with Crippen molar-refractivity contribution in [2.24, 2.45) is 30.5 Å². The summed E-state index contributed by atoms with van der Waals surface area (Å²) in [7, 11) is 2.02. The van der Waals surface area contributed by atoms with Crippen molar-refractivity contribution in [1.82, 2.24) is 14.9 Å². The zero-order valence-electron chi connectivity index (χ0n) is 15.6. The number of halogens is 1. The fourth-order valence-corrected chi connectivity index (χ4v) is 4.98. The number of hydrogen-bond acceptors (Lipinski definition) is 3. The number of carbonyl (C=O) groups is 1. The average molecular weight is 377 g/mol. The van der Waals surface area contributed by atoms with Crippen molar-refractivity contribution >= 4 is 29.3 Å². The zero-order chi connectivity index (χ0) is 17.6. The number of nitrogens with one attached hydrogen (secondary N) is 1. The summed E-state index contributed by atoms with van der Waals surface area (Å²) in [6.45, 7) is 2.58. The number of benzene rings is 1. The van der Waals surface area contributed by atoms with Crippen molar-refractivity contribution in [3.8, 4) is 0 Å². The Bertz CT molecular complexity index is 788. The maximum absolute atomic E-state index is 12.7. The molecule has 2 aliphatic carbocycles. The quantitative estimate of drug-likeness (QED) is 0.864. The molecule has 0 spiro atoms. The summed E-state index contributed by atoms with van der Waals surface area (Å²) >= 11 is 0. The van der Waals surface area contributed by atoms with Crippen LogP contribution in [0.15, 0.2) is 18.2 Å². The Labute approximate surface area is 161 Å².